The summed E-state index contributed by atoms with van der Waals surface area (Å²) in [5.41, 5.74) is 4.31. The minimum atomic E-state index is 0.386. The van der Waals surface area contributed by atoms with E-state index in [0.29, 0.717) is 6.04 Å². The number of rotatable bonds is 6. The molecule has 0 aromatic heterocycles. The van der Waals surface area contributed by atoms with E-state index in [4.69, 9.17) is 10.6 Å². The van der Waals surface area contributed by atoms with Crippen molar-refractivity contribution in [3.63, 3.8) is 0 Å². The maximum Gasteiger partial charge on any atom is 0.118 e. The Balaban J connectivity index is 1.86. The van der Waals surface area contributed by atoms with Gasteiger partial charge in [0.15, 0.2) is 0 Å². The minimum Gasteiger partial charge on any atom is -0.497 e. The van der Waals surface area contributed by atoms with E-state index in [1.165, 1.54) is 44.1 Å². The molecule has 1 atom stereocenters. The van der Waals surface area contributed by atoms with Gasteiger partial charge in [-0.1, -0.05) is 44.2 Å². The van der Waals surface area contributed by atoms with Crippen molar-refractivity contribution in [1.29, 1.82) is 0 Å². The van der Waals surface area contributed by atoms with Crippen molar-refractivity contribution >= 4 is 0 Å². The number of nitrogens with two attached hydrogens (primary N) is 1. The Morgan fingerprint density at radius 3 is 2.47 bits per heavy atom. The second kappa shape index (κ2) is 7.51. The smallest absolute Gasteiger partial charge is 0.118 e. The van der Waals surface area contributed by atoms with Crippen molar-refractivity contribution in [1.82, 2.24) is 5.43 Å². The molecule has 2 rings (SSSR count). The van der Waals surface area contributed by atoms with Crippen LogP contribution in [-0.4, -0.2) is 13.2 Å². The number of ether oxygens (including phenoxy) is 1. The van der Waals surface area contributed by atoms with Crippen molar-refractivity contribution in [2.75, 3.05) is 7.11 Å². The predicted molar refractivity (Wildman–Crippen MR) is 79.0 cm³/mol. The van der Waals surface area contributed by atoms with Crippen LogP contribution in [0, 0.1) is 5.92 Å². The van der Waals surface area contributed by atoms with Gasteiger partial charge in [0.05, 0.1) is 7.11 Å². The highest BCUT2D eigenvalue weighted by Crippen LogP contribution is 2.28. The molecule has 0 aliphatic heterocycles. The molecular formula is C16H26N2O. The quantitative estimate of drug-likeness (QED) is 0.612. The third-order valence-corrected chi connectivity index (χ3v) is 4.22. The summed E-state index contributed by atoms with van der Waals surface area (Å²) < 4.78 is 5.18. The molecule has 19 heavy (non-hydrogen) atoms. The number of nitrogens with one attached hydrogen (secondary N) is 1. The molecule has 0 saturated heterocycles. The Bertz CT molecular complexity index is 358. The van der Waals surface area contributed by atoms with Gasteiger partial charge in [-0.3, -0.25) is 11.3 Å². The highest BCUT2D eigenvalue weighted by atomic mass is 16.5. The lowest BCUT2D eigenvalue weighted by Crippen LogP contribution is -2.38. The molecule has 1 unspecified atom stereocenters. The van der Waals surface area contributed by atoms with Crippen molar-refractivity contribution in [3.05, 3.63) is 29.8 Å². The van der Waals surface area contributed by atoms with Crippen LogP contribution in [0.2, 0.25) is 0 Å². The van der Waals surface area contributed by atoms with E-state index in [2.05, 4.69) is 17.6 Å². The first-order valence-electron chi connectivity index (χ1n) is 7.41. The number of hydrogen-bond donors (Lipinski definition) is 2. The molecule has 1 saturated carbocycles. The third-order valence-electron chi connectivity index (χ3n) is 4.22. The fourth-order valence-electron chi connectivity index (χ4n) is 3.08. The highest BCUT2D eigenvalue weighted by molar-refractivity contribution is 5.27. The zero-order valence-electron chi connectivity index (χ0n) is 11.9. The standard InChI is InChI=1S/C16H26N2O/c1-19-16-9-7-14(8-10-16)12-15(18-17)11-13-5-3-2-4-6-13/h7-10,13,15,18H,2-6,11-12,17H2,1H3. The average Bonchev–Trinajstić information content (AvgIpc) is 2.48. The number of methoxy groups -OCH3 is 1. The molecule has 0 bridgehead atoms. The Hall–Kier alpha value is -1.06. The van der Waals surface area contributed by atoms with Crippen molar-refractivity contribution < 1.29 is 4.74 Å². The Labute approximate surface area is 116 Å². The molecule has 1 aliphatic rings. The van der Waals surface area contributed by atoms with Gasteiger partial charge in [0.2, 0.25) is 0 Å². The van der Waals surface area contributed by atoms with E-state index in [-0.39, 0.29) is 0 Å². The molecular weight excluding hydrogens is 236 g/mol. The summed E-state index contributed by atoms with van der Waals surface area (Å²) in [6.07, 6.45) is 9.14. The van der Waals surface area contributed by atoms with Gasteiger partial charge in [0.1, 0.15) is 5.75 Å². The highest BCUT2D eigenvalue weighted by Gasteiger charge is 2.18. The zero-order chi connectivity index (χ0) is 13.5. The topological polar surface area (TPSA) is 47.3 Å². The summed E-state index contributed by atoms with van der Waals surface area (Å²) in [6.45, 7) is 0. The fourth-order valence-corrected chi connectivity index (χ4v) is 3.08. The monoisotopic (exact) mass is 262 g/mol. The molecule has 3 N–H and O–H groups in total. The van der Waals surface area contributed by atoms with Crippen molar-refractivity contribution in [2.45, 2.75) is 51.0 Å². The van der Waals surface area contributed by atoms with Gasteiger partial charge in [-0.25, -0.2) is 0 Å². The van der Waals surface area contributed by atoms with Gasteiger partial charge >= 0.3 is 0 Å². The number of hydrogen-bond acceptors (Lipinski definition) is 3. The number of hydrazine groups is 1. The summed E-state index contributed by atoms with van der Waals surface area (Å²) in [4.78, 5) is 0. The van der Waals surface area contributed by atoms with Gasteiger partial charge in [0.25, 0.3) is 0 Å². The van der Waals surface area contributed by atoms with Gasteiger partial charge in [-0.05, 0) is 36.5 Å². The van der Waals surface area contributed by atoms with Crippen LogP contribution in [0.3, 0.4) is 0 Å². The van der Waals surface area contributed by atoms with Crippen molar-refractivity contribution in [2.24, 2.45) is 11.8 Å². The molecule has 1 fully saturated rings. The maximum absolute atomic E-state index is 5.72. The van der Waals surface area contributed by atoms with Crippen LogP contribution in [0.1, 0.15) is 44.1 Å². The van der Waals surface area contributed by atoms with E-state index >= 15 is 0 Å². The van der Waals surface area contributed by atoms with Gasteiger partial charge < -0.3 is 4.74 Å². The molecule has 106 valence electrons. The molecule has 3 nitrogen and oxygen atoms in total. The maximum atomic E-state index is 5.72. The lowest BCUT2D eigenvalue weighted by Gasteiger charge is -2.26. The third kappa shape index (κ3) is 4.51. The SMILES string of the molecule is COc1ccc(CC(CC2CCCCC2)NN)cc1. The van der Waals surface area contributed by atoms with E-state index in [1.54, 1.807) is 7.11 Å². The molecule has 1 aromatic rings. The normalized spacial score (nSPS) is 18.2. The van der Waals surface area contributed by atoms with E-state index in [0.717, 1.165) is 18.1 Å². The van der Waals surface area contributed by atoms with Gasteiger partial charge in [-0.2, -0.15) is 0 Å². The fraction of sp³-hybridized carbons (Fsp3) is 0.625. The largest absolute Gasteiger partial charge is 0.497 e. The summed E-state index contributed by atoms with van der Waals surface area (Å²) in [7, 11) is 1.70. The molecule has 3 heteroatoms. The van der Waals surface area contributed by atoms with Crippen LogP contribution in [0.5, 0.6) is 5.75 Å². The van der Waals surface area contributed by atoms with Crippen LogP contribution in [0.25, 0.3) is 0 Å². The molecule has 1 aliphatic carbocycles. The Kier molecular flexibility index (Phi) is 5.67. The van der Waals surface area contributed by atoms with Crippen LogP contribution in [0.15, 0.2) is 24.3 Å². The van der Waals surface area contributed by atoms with E-state index in [9.17, 15) is 0 Å². The zero-order valence-corrected chi connectivity index (χ0v) is 11.9. The Morgan fingerprint density at radius 2 is 1.89 bits per heavy atom. The molecule has 0 radical (unpaired) electrons. The summed E-state index contributed by atoms with van der Waals surface area (Å²) in [6, 6.07) is 8.68. The molecule has 1 aromatic carbocycles. The van der Waals surface area contributed by atoms with Crippen LogP contribution in [0.4, 0.5) is 0 Å². The number of benzene rings is 1. The molecule has 0 heterocycles. The summed E-state index contributed by atoms with van der Waals surface area (Å²) in [5.74, 6) is 7.48. The van der Waals surface area contributed by atoms with E-state index in [1.807, 2.05) is 12.1 Å². The first-order valence-corrected chi connectivity index (χ1v) is 7.41. The van der Waals surface area contributed by atoms with Crippen LogP contribution in [-0.2, 0) is 6.42 Å². The van der Waals surface area contributed by atoms with E-state index < -0.39 is 0 Å². The Morgan fingerprint density at radius 1 is 1.21 bits per heavy atom. The molecule has 0 spiro atoms. The first-order chi connectivity index (χ1) is 9.31. The van der Waals surface area contributed by atoms with Crippen molar-refractivity contribution in [3.8, 4) is 5.75 Å². The minimum absolute atomic E-state index is 0.386. The van der Waals surface area contributed by atoms with Gasteiger partial charge in [-0.15, -0.1) is 0 Å². The lowest BCUT2D eigenvalue weighted by molar-refractivity contribution is 0.298. The summed E-state index contributed by atoms with van der Waals surface area (Å²) in [5, 5.41) is 0. The average molecular weight is 262 g/mol. The molecule has 0 amide bonds. The second-order valence-electron chi connectivity index (χ2n) is 5.66. The van der Waals surface area contributed by atoms with Gasteiger partial charge in [0, 0.05) is 6.04 Å². The summed E-state index contributed by atoms with van der Waals surface area (Å²) >= 11 is 0. The second-order valence-corrected chi connectivity index (χ2v) is 5.66. The lowest BCUT2D eigenvalue weighted by atomic mass is 9.84. The van der Waals surface area contributed by atoms with Crippen LogP contribution >= 0.6 is 0 Å². The predicted octanol–water partition coefficient (Wildman–Crippen LogP) is 3.04. The van der Waals surface area contributed by atoms with Crippen LogP contribution < -0.4 is 16.0 Å². The first kappa shape index (κ1) is 14.4.